The molecular formula is C25H24N2O2. The number of para-hydroxylation sites is 1. The molecule has 1 aliphatic heterocycles. The van der Waals surface area contributed by atoms with Crippen LogP contribution in [-0.4, -0.2) is 18.4 Å². The van der Waals surface area contributed by atoms with Crippen LogP contribution in [0.1, 0.15) is 34.8 Å². The molecule has 0 saturated heterocycles. The van der Waals surface area contributed by atoms with Gasteiger partial charge in [-0.15, -0.1) is 0 Å². The smallest absolute Gasteiger partial charge is 0.258 e. The zero-order valence-corrected chi connectivity index (χ0v) is 16.5. The second kappa shape index (κ2) is 8.31. The van der Waals surface area contributed by atoms with Crippen LogP contribution in [-0.2, 0) is 17.8 Å². The summed E-state index contributed by atoms with van der Waals surface area (Å²) in [7, 11) is 0. The lowest BCUT2D eigenvalue weighted by atomic mass is 10.1. The van der Waals surface area contributed by atoms with Crippen LogP contribution in [0.25, 0.3) is 0 Å². The number of nitrogens with zero attached hydrogens (tertiary/aromatic N) is 2. The van der Waals surface area contributed by atoms with Crippen LogP contribution in [0.5, 0.6) is 0 Å². The Balaban J connectivity index is 1.65. The van der Waals surface area contributed by atoms with Gasteiger partial charge in [-0.25, -0.2) is 0 Å². The van der Waals surface area contributed by atoms with Crippen molar-refractivity contribution in [3.05, 3.63) is 95.6 Å². The van der Waals surface area contributed by atoms with Gasteiger partial charge in [0.25, 0.3) is 5.91 Å². The first-order valence-electron chi connectivity index (χ1n) is 10.0. The van der Waals surface area contributed by atoms with Crippen LogP contribution in [0.15, 0.2) is 78.9 Å². The molecule has 0 atom stereocenters. The van der Waals surface area contributed by atoms with Gasteiger partial charge in [-0.2, -0.15) is 0 Å². The summed E-state index contributed by atoms with van der Waals surface area (Å²) in [6.45, 7) is 3.06. The van der Waals surface area contributed by atoms with Crippen LogP contribution < -0.4 is 9.80 Å². The topological polar surface area (TPSA) is 40.6 Å². The summed E-state index contributed by atoms with van der Waals surface area (Å²) in [6.07, 6.45) is 1.27. The van der Waals surface area contributed by atoms with Gasteiger partial charge in [-0.1, -0.05) is 55.5 Å². The van der Waals surface area contributed by atoms with Gasteiger partial charge in [0.2, 0.25) is 5.91 Å². The Kier molecular flexibility index (Phi) is 5.43. The van der Waals surface area contributed by atoms with E-state index < -0.39 is 0 Å². The molecule has 0 fully saturated rings. The predicted molar refractivity (Wildman–Crippen MR) is 116 cm³/mol. The van der Waals surface area contributed by atoms with Crippen LogP contribution in [0.2, 0.25) is 0 Å². The van der Waals surface area contributed by atoms with Crippen molar-refractivity contribution in [3.63, 3.8) is 0 Å². The van der Waals surface area contributed by atoms with E-state index in [4.69, 9.17) is 0 Å². The normalized spacial score (nSPS) is 12.5. The van der Waals surface area contributed by atoms with Crippen LogP contribution in [0, 0.1) is 0 Å². The number of hydrogen-bond donors (Lipinski definition) is 0. The van der Waals surface area contributed by atoms with Gasteiger partial charge in [0.05, 0.1) is 6.54 Å². The fraction of sp³-hybridized carbons (Fsp3) is 0.200. The quantitative estimate of drug-likeness (QED) is 0.632. The SMILES string of the molecule is CCC(=O)N1CCc2cc(C(=O)N(Cc3ccccc3)c3ccccc3)ccc21. The van der Waals surface area contributed by atoms with Crippen molar-refractivity contribution in [2.75, 3.05) is 16.3 Å². The van der Waals surface area contributed by atoms with Gasteiger partial charge in [0.15, 0.2) is 0 Å². The lowest BCUT2D eigenvalue weighted by molar-refractivity contribution is -0.118. The molecule has 146 valence electrons. The maximum Gasteiger partial charge on any atom is 0.258 e. The Hall–Kier alpha value is -3.40. The third kappa shape index (κ3) is 3.92. The molecule has 0 aromatic heterocycles. The summed E-state index contributed by atoms with van der Waals surface area (Å²) >= 11 is 0. The van der Waals surface area contributed by atoms with Crippen molar-refractivity contribution >= 4 is 23.2 Å². The van der Waals surface area contributed by atoms with Crippen molar-refractivity contribution in [1.82, 2.24) is 0 Å². The van der Waals surface area contributed by atoms with Crippen molar-refractivity contribution in [2.24, 2.45) is 0 Å². The third-order valence-electron chi connectivity index (χ3n) is 5.32. The fourth-order valence-corrected chi connectivity index (χ4v) is 3.79. The number of benzene rings is 3. The van der Waals surface area contributed by atoms with E-state index in [2.05, 4.69) is 0 Å². The van der Waals surface area contributed by atoms with E-state index in [-0.39, 0.29) is 11.8 Å². The molecule has 2 amide bonds. The van der Waals surface area contributed by atoms with Crippen molar-refractivity contribution < 1.29 is 9.59 Å². The van der Waals surface area contributed by atoms with E-state index in [0.29, 0.717) is 25.1 Å². The largest absolute Gasteiger partial charge is 0.312 e. The van der Waals surface area contributed by atoms with Crippen LogP contribution in [0.4, 0.5) is 11.4 Å². The van der Waals surface area contributed by atoms with Crippen LogP contribution in [0.3, 0.4) is 0 Å². The van der Waals surface area contributed by atoms with E-state index in [1.54, 1.807) is 4.90 Å². The van der Waals surface area contributed by atoms with Gasteiger partial charge in [-0.05, 0) is 47.9 Å². The molecule has 0 spiro atoms. The zero-order chi connectivity index (χ0) is 20.2. The van der Waals surface area contributed by atoms with Crippen molar-refractivity contribution in [1.29, 1.82) is 0 Å². The third-order valence-corrected chi connectivity index (χ3v) is 5.32. The predicted octanol–water partition coefficient (Wildman–Crippen LogP) is 4.83. The van der Waals surface area contributed by atoms with Crippen molar-refractivity contribution in [3.8, 4) is 0 Å². The second-order valence-corrected chi connectivity index (χ2v) is 7.20. The summed E-state index contributed by atoms with van der Waals surface area (Å²) in [5.41, 5.74) is 4.58. The highest BCUT2D eigenvalue weighted by Gasteiger charge is 2.26. The first kappa shape index (κ1) is 18.9. The minimum Gasteiger partial charge on any atom is -0.312 e. The van der Waals surface area contributed by atoms with E-state index in [9.17, 15) is 9.59 Å². The van der Waals surface area contributed by atoms with Gasteiger partial charge >= 0.3 is 0 Å². The number of hydrogen-bond acceptors (Lipinski definition) is 2. The van der Waals surface area contributed by atoms with E-state index in [1.807, 2.05) is 90.7 Å². The molecule has 0 unspecified atom stereocenters. The summed E-state index contributed by atoms with van der Waals surface area (Å²) < 4.78 is 0. The minimum absolute atomic E-state index is 0.0388. The fourth-order valence-electron chi connectivity index (χ4n) is 3.79. The standard InChI is InChI=1S/C25H24N2O2/c1-2-24(28)26-16-15-20-17-21(13-14-23(20)26)25(29)27(22-11-7-4-8-12-22)18-19-9-5-3-6-10-19/h3-14,17H,2,15-16,18H2,1H3. The van der Waals surface area contributed by atoms with Crippen LogP contribution >= 0.6 is 0 Å². The number of anilines is 2. The Bertz CT molecular complexity index is 1020. The summed E-state index contributed by atoms with van der Waals surface area (Å²) in [5, 5.41) is 0. The molecule has 4 nitrogen and oxygen atoms in total. The Morgan fingerprint density at radius 2 is 1.62 bits per heavy atom. The molecule has 0 aliphatic carbocycles. The number of amides is 2. The molecule has 29 heavy (non-hydrogen) atoms. The number of carbonyl (C=O) groups is 2. The second-order valence-electron chi connectivity index (χ2n) is 7.20. The van der Waals surface area contributed by atoms with Gasteiger partial charge in [0.1, 0.15) is 0 Å². The molecular weight excluding hydrogens is 360 g/mol. The highest BCUT2D eigenvalue weighted by Crippen LogP contribution is 2.30. The molecule has 0 radical (unpaired) electrons. The maximum atomic E-state index is 13.5. The van der Waals surface area contributed by atoms with E-state index >= 15 is 0 Å². The molecule has 1 aliphatic rings. The lowest BCUT2D eigenvalue weighted by Gasteiger charge is -2.24. The molecule has 3 aromatic carbocycles. The zero-order valence-electron chi connectivity index (χ0n) is 16.5. The Labute approximate surface area is 171 Å². The van der Waals surface area contributed by atoms with Crippen molar-refractivity contribution in [2.45, 2.75) is 26.3 Å². The van der Waals surface area contributed by atoms with Gasteiger partial charge < -0.3 is 9.80 Å². The maximum absolute atomic E-state index is 13.5. The average Bonchev–Trinajstić information content (AvgIpc) is 3.21. The monoisotopic (exact) mass is 384 g/mol. The Morgan fingerprint density at radius 3 is 2.31 bits per heavy atom. The molecule has 0 N–H and O–H groups in total. The number of carbonyl (C=O) groups excluding carboxylic acids is 2. The first-order chi connectivity index (χ1) is 14.2. The first-order valence-corrected chi connectivity index (χ1v) is 10.0. The summed E-state index contributed by atoms with van der Waals surface area (Å²) in [5.74, 6) is 0.0842. The Morgan fingerprint density at radius 1 is 0.931 bits per heavy atom. The highest BCUT2D eigenvalue weighted by molar-refractivity contribution is 6.07. The average molecular weight is 384 g/mol. The lowest BCUT2D eigenvalue weighted by Crippen LogP contribution is -2.30. The molecule has 4 heteroatoms. The highest BCUT2D eigenvalue weighted by atomic mass is 16.2. The molecule has 1 heterocycles. The number of fused-ring (bicyclic) bond motifs is 1. The van der Waals surface area contributed by atoms with Gasteiger partial charge in [-0.3, -0.25) is 9.59 Å². The summed E-state index contributed by atoms with van der Waals surface area (Å²) in [4.78, 5) is 29.2. The molecule has 3 aromatic rings. The number of rotatable bonds is 5. The molecule has 0 bridgehead atoms. The minimum atomic E-state index is -0.0388. The molecule has 0 saturated carbocycles. The molecule has 4 rings (SSSR count). The van der Waals surface area contributed by atoms with E-state index in [1.165, 1.54) is 0 Å². The van der Waals surface area contributed by atoms with E-state index in [0.717, 1.165) is 28.9 Å². The van der Waals surface area contributed by atoms with Gasteiger partial charge in [0, 0.05) is 29.9 Å². The summed E-state index contributed by atoms with van der Waals surface area (Å²) in [6, 6.07) is 25.4.